The molecule has 2 rings (SSSR count). The molecule has 1 heterocycles. The van der Waals surface area contributed by atoms with E-state index in [0.717, 1.165) is 0 Å². The smallest absolute Gasteiger partial charge is 0.259 e. The zero-order valence-electron chi connectivity index (χ0n) is 9.98. The fraction of sp³-hybridized carbons (Fsp3) is 0.0769. The molecular formula is C13H10BrClN2O2. The van der Waals surface area contributed by atoms with Crippen LogP contribution < -0.4 is 10.1 Å². The number of pyridine rings is 1. The third-order valence-electron chi connectivity index (χ3n) is 2.45. The van der Waals surface area contributed by atoms with Gasteiger partial charge in [-0.3, -0.25) is 9.78 Å². The average molecular weight is 342 g/mol. The van der Waals surface area contributed by atoms with Crippen molar-refractivity contribution in [3.63, 3.8) is 0 Å². The molecule has 0 aliphatic heterocycles. The number of hydrogen-bond donors (Lipinski definition) is 1. The summed E-state index contributed by atoms with van der Waals surface area (Å²) in [6, 6.07) is 6.83. The van der Waals surface area contributed by atoms with Gasteiger partial charge >= 0.3 is 0 Å². The van der Waals surface area contributed by atoms with E-state index in [1.165, 1.54) is 19.5 Å². The predicted molar refractivity (Wildman–Crippen MR) is 77.9 cm³/mol. The second kappa shape index (κ2) is 6.04. The Morgan fingerprint density at radius 3 is 2.95 bits per heavy atom. The first kappa shape index (κ1) is 13.8. The van der Waals surface area contributed by atoms with Gasteiger partial charge in [0.1, 0.15) is 5.75 Å². The number of hydrogen-bond acceptors (Lipinski definition) is 3. The summed E-state index contributed by atoms with van der Waals surface area (Å²) in [5.74, 6) is 0.125. The van der Waals surface area contributed by atoms with Crippen LogP contribution >= 0.6 is 27.5 Å². The van der Waals surface area contributed by atoms with Gasteiger partial charge in [0.2, 0.25) is 0 Å². The number of halogens is 2. The molecule has 0 aliphatic carbocycles. The molecular weight excluding hydrogens is 332 g/mol. The molecule has 0 saturated heterocycles. The van der Waals surface area contributed by atoms with Crippen molar-refractivity contribution in [2.24, 2.45) is 0 Å². The molecule has 19 heavy (non-hydrogen) atoms. The second-order valence-corrected chi connectivity index (χ2v) is 4.83. The molecule has 0 aliphatic rings. The maximum Gasteiger partial charge on any atom is 0.259 e. The lowest BCUT2D eigenvalue weighted by Crippen LogP contribution is -2.13. The fourth-order valence-corrected chi connectivity index (χ4v) is 2.06. The largest absolute Gasteiger partial charge is 0.494 e. The van der Waals surface area contributed by atoms with E-state index in [9.17, 15) is 4.79 Å². The van der Waals surface area contributed by atoms with Gasteiger partial charge in [0.15, 0.2) is 0 Å². The van der Waals surface area contributed by atoms with Crippen LogP contribution in [0, 0.1) is 0 Å². The van der Waals surface area contributed by atoms with Crippen LogP contribution in [0.2, 0.25) is 5.02 Å². The molecule has 6 heteroatoms. The van der Waals surface area contributed by atoms with E-state index in [1.807, 2.05) is 0 Å². The van der Waals surface area contributed by atoms with Gasteiger partial charge in [-0.15, -0.1) is 0 Å². The summed E-state index contributed by atoms with van der Waals surface area (Å²) in [6.07, 6.45) is 3.02. The third kappa shape index (κ3) is 3.05. The minimum Gasteiger partial charge on any atom is -0.494 e. The van der Waals surface area contributed by atoms with Crippen LogP contribution in [-0.4, -0.2) is 18.0 Å². The third-order valence-corrected chi connectivity index (χ3v) is 3.85. The lowest BCUT2D eigenvalue weighted by Gasteiger charge is -2.10. The van der Waals surface area contributed by atoms with Crippen LogP contribution in [0.1, 0.15) is 10.4 Å². The number of methoxy groups -OCH3 is 1. The number of carbonyl (C=O) groups excluding carboxylic acids is 1. The van der Waals surface area contributed by atoms with Crippen molar-refractivity contribution in [2.45, 2.75) is 0 Å². The molecule has 0 radical (unpaired) electrons. The van der Waals surface area contributed by atoms with E-state index in [-0.39, 0.29) is 5.91 Å². The molecule has 98 valence electrons. The fourth-order valence-electron chi connectivity index (χ4n) is 1.52. The number of nitrogens with one attached hydrogen (secondary N) is 1. The molecule has 1 N–H and O–H groups in total. The molecule has 0 spiro atoms. The molecule has 0 atom stereocenters. The van der Waals surface area contributed by atoms with Crippen LogP contribution in [0.25, 0.3) is 0 Å². The highest BCUT2D eigenvalue weighted by Crippen LogP contribution is 2.30. The van der Waals surface area contributed by atoms with E-state index in [0.29, 0.717) is 26.5 Å². The van der Waals surface area contributed by atoms with Crippen LogP contribution in [-0.2, 0) is 0 Å². The Kier molecular flexibility index (Phi) is 4.39. The first-order valence-corrected chi connectivity index (χ1v) is 6.54. The monoisotopic (exact) mass is 340 g/mol. The molecule has 1 aromatic heterocycles. The number of rotatable bonds is 3. The summed E-state index contributed by atoms with van der Waals surface area (Å²) < 4.78 is 5.73. The minimum atomic E-state index is -0.290. The van der Waals surface area contributed by atoms with E-state index >= 15 is 0 Å². The standard InChI is InChI=1S/C13H10BrClN2O2/c1-19-11-7-16-6-5-8(11)13(18)17-10-4-2-3-9(15)12(10)14/h2-7H,1H3,(H,17,18). The van der Waals surface area contributed by atoms with Crippen LogP contribution in [0.5, 0.6) is 5.75 Å². The first-order chi connectivity index (χ1) is 9.13. The Bertz CT molecular complexity index is 619. The Hall–Kier alpha value is -1.59. The Morgan fingerprint density at radius 1 is 1.42 bits per heavy atom. The zero-order valence-corrected chi connectivity index (χ0v) is 12.3. The molecule has 0 saturated carbocycles. The summed E-state index contributed by atoms with van der Waals surface area (Å²) >= 11 is 9.30. The van der Waals surface area contributed by atoms with Gasteiger partial charge in [-0.25, -0.2) is 0 Å². The second-order valence-electron chi connectivity index (χ2n) is 3.63. The van der Waals surface area contributed by atoms with Crippen molar-refractivity contribution in [3.8, 4) is 5.75 Å². The average Bonchev–Trinajstić information content (AvgIpc) is 2.43. The highest BCUT2D eigenvalue weighted by molar-refractivity contribution is 9.10. The number of carbonyl (C=O) groups is 1. The molecule has 2 aromatic rings. The summed E-state index contributed by atoms with van der Waals surface area (Å²) in [4.78, 5) is 16.1. The van der Waals surface area contributed by atoms with Crippen molar-refractivity contribution in [3.05, 3.63) is 51.7 Å². The number of benzene rings is 1. The Morgan fingerprint density at radius 2 is 2.21 bits per heavy atom. The van der Waals surface area contributed by atoms with Crippen molar-refractivity contribution in [2.75, 3.05) is 12.4 Å². The predicted octanol–water partition coefficient (Wildman–Crippen LogP) is 3.76. The molecule has 0 unspecified atom stereocenters. The topological polar surface area (TPSA) is 51.2 Å². The van der Waals surface area contributed by atoms with Gasteiger partial charge < -0.3 is 10.1 Å². The quantitative estimate of drug-likeness (QED) is 0.925. The zero-order chi connectivity index (χ0) is 13.8. The SMILES string of the molecule is COc1cnccc1C(=O)Nc1cccc(Cl)c1Br. The van der Waals surface area contributed by atoms with Gasteiger partial charge in [-0.05, 0) is 34.1 Å². The van der Waals surface area contributed by atoms with Gasteiger partial charge in [0, 0.05) is 6.20 Å². The van der Waals surface area contributed by atoms with Gasteiger partial charge in [0.05, 0.1) is 34.1 Å². The minimum absolute atomic E-state index is 0.290. The van der Waals surface area contributed by atoms with Crippen molar-refractivity contribution < 1.29 is 9.53 Å². The maximum atomic E-state index is 12.2. The van der Waals surface area contributed by atoms with Crippen molar-refractivity contribution in [1.29, 1.82) is 0 Å². The van der Waals surface area contributed by atoms with Crippen LogP contribution in [0.3, 0.4) is 0 Å². The summed E-state index contributed by atoms with van der Waals surface area (Å²) in [5.41, 5.74) is 1.00. The van der Waals surface area contributed by atoms with Crippen LogP contribution in [0.4, 0.5) is 5.69 Å². The molecule has 0 fully saturated rings. The number of amides is 1. The van der Waals surface area contributed by atoms with E-state index in [4.69, 9.17) is 16.3 Å². The molecule has 1 aromatic carbocycles. The van der Waals surface area contributed by atoms with Crippen molar-refractivity contribution in [1.82, 2.24) is 4.98 Å². The maximum absolute atomic E-state index is 12.2. The molecule has 4 nitrogen and oxygen atoms in total. The first-order valence-electron chi connectivity index (χ1n) is 5.37. The van der Waals surface area contributed by atoms with E-state index in [2.05, 4.69) is 26.2 Å². The highest BCUT2D eigenvalue weighted by atomic mass is 79.9. The van der Waals surface area contributed by atoms with Crippen LogP contribution in [0.15, 0.2) is 41.1 Å². The normalized spacial score (nSPS) is 10.1. The Balaban J connectivity index is 2.28. The number of ether oxygens (including phenoxy) is 1. The highest BCUT2D eigenvalue weighted by Gasteiger charge is 2.14. The lowest BCUT2D eigenvalue weighted by molar-refractivity contribution is 0.102. The summed E-state index contributed by atoms with van der Waals surface area (Å²) in [7, 11) is 1.49. The van der Waals surface area contributed by atoms with Gasteiger partial charge in [-0.1, -0.05) is 17.7 Å². The lowest BCUT2D eigenvalue weighted by atomic mass is 10.2. The Labute approximate surface area is 123 Å². The number of anilines is 1. The summed E-state index contributed by atoms with van der Waals surface area (Å²) in [5, 5.41) is 3.29. The molecule has 1 amide bonds. The van der Waals surface area contributed by atoms with E-state index < -0.39 is 0 Å². The van der Waals surface area contributed by atoms with Gasteiger partial charge in [-0.2, -0.15) is 0 Å². The number of aromatic nitrogens is 1. The summed E-state index contributed by atoms with van der Waals surface area (Å²) in [6.45, 7) is 0. The molecule has 0 bridgehead atoms. The van der Waals surface area contributed by atoms with Crippen molar-refractivity contribution >= 4 is 39.1 Å². The van der Waals surface area contributed by atoms with Gasteiger partial charge in [0.25, 0.3) is 5.91 Å². The number of nitrogens with zero attached hydrogens (tertiary/aromatic N) is 1. The van der Waals surface area contributed by atoms with E-state index in [1.54, 1.807) is 24.3 Å².